The fourth-order valence-electron chi connectivity index (χ4n) is 0.341. The van der Waals surface area contributed by atoms with Gasteiger partial charge in [0.2, 0.25) is 0 Å². The first-order chi connectivity index (χ1) is 5.73. The summed E-state index contributed by atoms with van der Waals surface area (Å²) in [5.74, 6) is -4.97. The van der Waals surface area contributed by atoms with Crippen LogP contribution in [0, 0.1) is 0 Å². The molecule has 0 aliphatic heterocycles. The molecular weight excluding hydrogens is 231 g/mol. The minimum absolute atomic E-state index is 0.0650. The SMILES string of the molecule is C=CCSC(=S)C(F)(F)C(F)(F)F. The van der Waals surface area contributed by atoms with Gasteiger partial charge in [-0.3, -0.25) is 0 Å². The molecule has 0 aliphatic carbocycles. The van der Waals surface area contributed by atoms with Gasteiger partial charge >= 0.3 is 12.1 Å². The third kappa shape index (κ3) is 3.22. The molecule has 0 rings (SSSR count). The second kappa shape index (κ2) is 4.36. The molecule has 0 spiro atoms. The van der Waals surface area contributed by atoms with E-state index in [-0.39, 0.29) is 17.5 Å². The highest BCUT2D eigenvalue weighted by atomic mass is 32.2. The molecule has 0 unspecified atom stereocenters. The molecule has 0 nitrogen and oxygen atoms in total. The molecule has 0 aliphatic rings. The fourth-order valence-corrected chi connectivity index (χ4v) is 1.23. The summed E-state index contributed by atoms with van der Waals surface area (Å²) < 4.78 is 58.2. The lowest BCUT2D eigenvalue weighted by Gasteiger charge is -2.19. The highest BCUT2D eigenvalue weighted by molar-refractivity contribution is 8.23. The predicted octanol–water partition coefficient (Wildman–Crippen LogP) is 3.43. The molecule has 0 aromatic rings. The van der Waals surface area contributed by atoms with E-state index in [1.54, 1.807) is 0 Å². The van der Waals surface area contributed by atoms with Crippen LogP contribution < -0.4 is 0 Å². The standard InChI is InChI=1S/C6H5F5S2/c1-2-3-13-4(12)5(7,8)6(9,10)11/h2H,1,3H2. The zero-order valence-corrected chi connectivity index (χ0v) is 7.83. The van der Waals surface area contributed by atoms with Crippen LogP contribution in [0.4, 0.5) is 22.0 Å². The highest BCUT2D eigenvalue weighted by Gasteiger charge is 2.60. The molecule has 0 atom stereocenters. The molecule has 13 heavy (non-hydrogen) atoms. The van der Waals surface area contributed by atoms with Crippen LogP contribution in [0.5, 0.6) is 0 Å². The number of thiocarbonyl (C=S) groups is 1. The summed E-state index contributed by atoms with van der Waals surface area (Å²) in [6, 6.07) is 0. The lowest BCUT2D eigenvalue weighted by atomic mass is 10.4. The van der Waals surface area contributed by atoms with Gasteiger partial charge in [-0.15, -0.1) is 18.3 Å². The first-order valence-corrected chi connectivity index (χ1v) is 4.35. The largest absolute Gasteiger partial charge is 0.459 e. The minimum atomic E-state index is -5.61. The number of hydrogen-bond acceptors (Lipinski definition) is 2. The number of thioether (sulfide) groups is 1. The van der Waals surface area contributed by atoms with Gasteiger partial charge < -0.3 is 0 Å². The Bertz CT molecular complexity index is 208. The van der Waals surface area contributed by atoms with Crippen LogP contribution in [0.15, 0.2) is 12.7 Å². The summed E-state index contributed by atoms with van der Waals surface area (Å²) in [6.07, 6.45) is -4.42. The average Bonchev–Trinajstić information content (AvgIpc) is 1.97. The highest BCUT2D eigenvalue weighted by Crippen LogP contribution is 2.39. The lowest BCUT2D eigenvalue weighted by molar-refractivity contribution is -0.247. The fraction of sp³-hybridized carbons (Fsp3) is 0.500. The normalized spacial score (nSPS) is 12.7. The molecule has 0 N–H and O–H groups in total. The Morgan fingerprint density at radius 3 is 2.08 bits per heavy atom. The molecule has 0 aromatic carbocycles. The molecule has 0 saturated heterocycles. The van der Waals surface area contributed by atoms with Gasteiger partial charge in [-0.1, -0.05) is 18.3 Å². The quantitative estimate of drug-likeness (QED) is 0.418. The third-order valence-corrected chi connectivity index (χ3v) is 2.48. The van der Waals surface area contributed by atoms with Crippen LogP contribution in [-0.2, 0) is 0 Å². The van der Waals surface area contributed by atoms with Crippen LogP contribution in [-0.4, -0.2) is 22.0 Å². The van der Waals surface area contributed by atoms with E-state index in [1.807, 2.05) is 0 Å². The molecule has 0 heterocycles. The molecule has 0 bridgehead atoms. The first kappa shape index (κ1) is 12.8. The maximum Gasteiger partial charge on any atom is 0.459 e. The van der Waals surface area contributed by atoms with E-state index in [0.717, 1.165) is 0 Å². The Labute approximate surface area is 81.2 Å². The Balaban J connectivity index is 4.45. The van der Waals surface area contributed by atoms with Gasteiger partial charge in [0.15, 0.2) is 0 Å². The van der Waals surface area contributed by atoms with Crippen molar-refractivity contribution in [2.75, 3.05) is 5.75 Å². The molecule has 0 fully saturated rings. The molecule has 0 saturated carbocycles. The summed E-state index contributed by atoms with van der Waals surface area (Å²) in [7, 11) is 0. The van der Waals surface area contributed by atoms with E-state index in [1.165, 1.54) is 6.08 Å². The van der Waals surface area contributed by atoms with E-state index >= 15 is 0 Å². The summed E-state index contributed by atoms with van der Waals surface area (Å²) >= 11 is 4.20. The Morgan fingerprint density at radius 1 is 1.31 bits per heavy atom. The van der Waals surface area contributed by atoms with Gasteiger partial charge in [0.25, 0.3) is 0 Å². The van der Waals surface area contributed by atoms with Crippen molar-refractivity contribution in [2.45, 2.75) is 12.1 Å². The molecular formula is C6H5F5S2. The molecule has 0 radical (unpaired) electrons. The van der Waals surface area contributed by atoms with Crippen molar-refractivity contribution in [3.63, 3.8) is 0 Å². The summed E-state index contributed by atoms with van der Waals surface area (Å²) in [5.41, 5.74) is 0. The average molecular weight is 236 g/mol. The van der Waals surface area contributed by atoms with Crippen LogP contribution >= 0.6 is 24.0 Å². The first-order valence-electron chi connectivity index (χ1n) is 2.96. The number of alkyl halides is 5. The number of rotatable bonds is 3. The van der Waals surface area contributed by atoms with Crippen molar-refractivity contribution in [3.8, 4) is 0 Å². The van der Waals surface area contributed by atoms with E-state index in [0.29, 0.717) is 0 Å². The third-order valence-electron chi connectivity index (χ3n) is 0.945. The van der Waals surface area contributed by atoms with Crippen molar-refractivity contribution in [2.24, 2.45) is 0 Å². The maximum absolute atomic E-state index is 12.3. The summed E-state index contributed by atoms with van der Waals surface area (Å²) in [5, 5.41) is 0. The smallest absolute Gasteiger partial charge is 0.189 e. The van der Waals surface area contributed by atoms with E-state index in [4.69, 9.17) is 0 Å². The van der Waals surface area contributed by atoms with E-state index in [9.17, 15) is 22.0 Å². The lowest BCUT2D eigenvalue weighted by Crippen LogP contribution is -2.41. The molecule has 0 amide bonds. The zero-order chi connectivity index (χ0) is 10.7. The van der Waals surface area contributed by atoms with Gasteiger partial charge in [0.1, 0.15) is 4.20 Å². The van der Waals surface area contributed by atoms with Crippen molar-refractivity contribution in [3.05, 3.63) is 12.7 Å². The number of hydrogen-bond donors (Lipinski definition) is 0. The molecule has 7 heteroatoms. The van der Waals surface area contributed by atoms with Crippen molar-refractivity contribution in [1.29, 1.82) is 0 Å². The second-order valence-corrected chi connectivity index (χ2v) is 3.66. The Morgan fingerprint density at radius 2 is 1.77 bits per heavy atom. The van der Waals surface area contributed by atoms with E-state index in [2.05, 4.69) is 18.8 Å². The van der Waals surface area contributed by atoms with Crippen LogP contribution in [0.2, 0.25) is 0 Å². The maximum atomic E-state index is 12.3. The van der Waals surface area contributed by atoms with Gasteiger partial charge in [0.05, 0.1) is 0 Å². The molecule has 0 aromatic heterocycles. The van der Waals surface area contributed by atoms with Crippen molar-refractivity contribution in [1.82, 2.24) is 0 Å². The van der Waals surface area contributed by atoms with Crippen LogP contribution in [0.3, 0.4) is 0 Å². The monoisotopic (exact) mass is 236 g/mol. The van der Waals surface area contributed by atoms with E-state index < -0.39 is 16.3 Å². The van der Waals surface area contributed by atoms with Gasteiger partial charge in [-0.25, -0.2) is 0 Å². The van der Waals surface area contributed by atoms with Gasteiger partial charge in [-0.05, 0) is 0 Å². The number of halogens is 5. The molecule has 76 valence electrons. The second-order valence-electron chi connectivity index (χ2n) is 1.96. The van der Waals surface area contributed by atoms with Gasteiger partial charge in [-0.2, -0.15) is 22.0 Å². The predicted molar refractivity (Wildman–Crippen MR) is 46.3 cm³/mol. The minimum Gasteiger partial charge on any atom is -0.189 e. The zero-order valence-electron chi connectivity index (χ0n) is 6.20. The van der Waals surface area contributed by atoms with Crippen molar-refractivity contribution >= 4 is 28.2 Å². The summed E-state index contributed by atoms with van der Waals surface area (Å²) in [4.78, 5) is 0. The van der Waals surface area contributed by atoms with Crippen molar-refractivity contribution < 1.29 is 22.0 Å². The summed E-state index contributed by atoms with van der Waals surface area (Å²) in [6.45, 7) is 3.17. The van der Waals surface area contributed by atoms with Gasteiger partial charge in [0, 0.05) is 5.75 Å². The Hall–Kier alpha value is -0.170. The topological polar surface area (TPSA) is 0 Å². The van der Waals surface area contributed by atoms with Crippen LogP contribution in [0.25, 0.3) is 0 Å². The van der Waals surface area contributed by atoms with Crippen LogP contribution in [0.1, 0.15) is 0 Å². The Kier molecular flexibility index (Phi) is 4.31.